The molecule has 3 nitrogen and oxygen atoms in total. The molecule has 0 unspecified atom stereocenters. The van der Waals surface area contributed by atoms with Crippen LogP contribution >= 0.6 is 11.8 Å². The summed E-state index contributed by atoms with van der Waals surface area (Å²) >= 11 is 1.71. The Morgan fingerprint density at radius 1 is 1.00 bits per heavy atom. The minimum atomic E-state index is 0.746. The summed E-state index contributed by atoms with van der Waals surface area (Å²) in [5.41, 5.74) is 7.91. The maximum Gasteiger partial charge on any atom is 0.161 e. The molecule has 0 bridgehead atoms. The molecule has 0 radical (unpaired) electrons. The lowest BCUT2D eigenvalue weighted by Crippen LogP contribution is -1.92. The highest BCUT2D eigenvalue weighted by Gasteiger charge is 2.05. The van der Waals surface area contributed by atoms with Crippen LogP contribution in [0.1, 0.15) is 5.56 Å². The summed E-state index contributed by atoms with van der Waals surface area (Å²) < 4.78 is 10.5. The van der Waals surface area contributed by atoms with Gasteiger partial charge in [-0.1, -0.05) is 18.2 Å². The summed E-state index contributed by atoms with van der Waals surface area (Å²) in [6.45, 7) is 0. The topological polar surface area (TPSA) is 44.5 Å². The number of nitrogen functional groups attached to an aromatic ring is 1. The fraction of sp³-hybridized carbons (Fsp3) is 0.200. The normalized spacial score (nSPS) is 10.2. The second-order valence-corrected chi connectivity index (χ2v) is 5.03. The first-order chi connectivity index (χ1) is 9.24. The number of rotatable bonds is 5. The molecule has 0 spiro atoms. The highest BCUT2D eigenvalue weighted by molar-refractivity contribution is 7.98. The van der Waals surface area contributed by atoms with E-state index in [0.29, 0.717) is 0 Å². The Labute approximate surface area is 117 Å². The largest absolute Gasteiger partial charge is 0.493 e. The smallest absolute Gasteiger partial charge is 0.161 e. The summed E-state index contributed by atoms with van der Waals surface area (Å²) in [5.74, 6) is 2.34. The lowest BCUT2D eigenvalue weighted by molar-refractivity contribution is 0.354. The lowest BCUT2D eigenvalue weighted by Gasteiger charge is -2.10. The van der Waals surface area contributed by atoms with Gasteiger partial charge in [-0.3, -0.25) is 0 Å². The zero-order valence-corrected chi connectivity index (χ0v) is 11.9. The van der Waals surface area contributed by atoms with Crippen molar-refractivity contribution in [2.24, 2.45) is 0 Å². The van der Waals surface area contributed by atoms with Gasteiger partial charge in [-0.2, -0.15) is 0 Å². The average molecular weight is 275 g/mol. The van der Waals surface area contributed by atoms with Crippen molar-refractivity contribution in [3.8, 4) is 11.5 Å². The van der Waals surface area contributed by atoms with Crippen LogP contribution in [0, 0.1) is 0 Å². The predicted molar refractivity (Wildman–Crippen MR) is 80.0 cm³/mol. The third-order valence-corrected chi connectivity index (χ3v) is 3.92. The summed E-state index contributed by atoms with van der Waals surface area (Å²) in [7, 11) is 3.28. The molecule has 0 aliphatic heterocycles. The first-order valence-electron chi connectivity index (χ1n) is 5.93. The molecular weight excluding hydrogens is 258 g/mol. The van der Waals surface area contributed by atoms with Crippen LogP contribution in [0.25, 0.3) is 0 Å². The number of benzene rings is 2. The molecule has 4 heteroatoms. The molecule has 0 aliphatic carbocycles. The van der Waals surface area contributed by atoms with Crippen molar-refractivity contribution >= 4 is 17.4 Å². The second-order valence-electron chi connectivity index (χ2n) is 4.02. The van der Waals surface area contributed by atoms with E-state index >= 15 is 0 Å². The zero-order valence-electron chi connectivity index (χ0n) is 11.1. The zero-order chi connectivity index (χ0) is 13.7. The maximum absolute atomic E-state index is 5.92. The molecule has 0 aliphatic rings. The number of nitrogens with two attached hydrogens (primary N) is 1. The number of anilines is 1. The molecule has 2 rings (SSSR count). The van der Waals surface area contributed by atoms with Crippen LogP contribution in [0.2, 0.25) is 0 Å². The number of hydrogen-bond acceptors (Lipinski definition) is 4. The van der Waals surface area contributed by atoms with E-state index < -0.39 is 0 Å². The lowest BCUT2D eigenvalue weighted by atomic mass is 10.2. The first kappa shape index (κ1) is 13.6. The third-order valence-electron chi connectivity index (χ3n) is 2.76. The van der Waals surface area contributed by atoms with Crippen molar-refractivity contribution in [1.29, 1.82) is 0 Å². The van der Waals surface area contributed by atoms with Crippen LogP contribution < -0.4 is 15.2 Å². The van der Waals surface area contributed by atoms with Crippen LogP contribution in [0.3, 0.4) is 0 Å². The Hall–Kier alpha value is -1.81. The van der Waals surface area contributed by atoms with Gasteiger partial charge in [0, 0.05) is 16.3 Å². The van der Waals surface area contributed by atoms with Crippen molar-refractivity contribution in [3.05, 3.63) is 48.0 Å². The number of para-hydroxylation sites is 1. The van der Waals surface area contributed by atoms with Crippen LogP contribution in [0.5, 0.6) is 11.5 Å². The Balaban J connectivity index is 2.10. The highest BCUT2D eigenvalue weighted by Crippen LogP contribution is 2.32. The highest BCUT2D eigenvalue weighted by atomic mass is 32.2. The minimum Gasteiger partial charge on any atom is -0.493 e. The Bertz CT molecular complexity index is 558. The molecular formula is C15H17NO2S. The summed E-state index contributed by atoms with van der Waals surface area (Å²) in [5, 5.41) is 0. The molecule has 100 valence electrons. The van der Waals surface area contributed by atoms with Gasteiger partial charge in [-0.25, -0.2) is 0 Å². The van der Waals surface area contributed by atoms with Gasteiger partial charge in [0.05, 0.1) is 14.2 Å². The van der Waals surface area contributed by atoms with Gasteiger partial charge in [0.25, 0.3) is 0 Å². The van der Waals surface area contributed by atoms with Crippen molar-refractivity contribution in [2.75, 3.05) is 20.0 Å². The van der Waals surface area contributed by atoms with Crippen molar-refractivity contribution in [1.82, 2.24) is 0 Å². The number of methoxy groups -OCH3 is 2. The molecule has 0 aromatic heterocycles. The summed E-state index contributed by atoms with van der Waals surface area (Å²) in [6, 6.07) is 13.8. The standard InChI is InChI=1S/C15H17NO2S/c1-17-13-8-7-11(9-14(13)18-2)10-19-15-6-4-3-5-12(15)16/h3-9H,10,16H2,1-2H3. The van der Waals surface area contributed by atoms with E-state index in [4.69, 9.17) is 15.2 Å². The van der Waals surface area contributed by atoms with Crippen LogP contribution in [0.4, 0.5) is 5.69 Å². The van der Waals surface area contributed by atoms with Crippen molar-refractivity contribution in [2.45, 2.75) is 10.6 Å². The van der Waals surface area contributed by atoms with E-state index in [1.807, 2.05) is 42.5 Å². The van der Waals surface area contributed by atoms with E-state index in [1.165, 1.54) is 5.56 Å². The fourth-order valence-electron chi connectivity index (χ4n) is 1.74. The Morgan fingerprint density at radius 3 is 2.42 bits per heavy atom. The number of thioether (sulfide) groups is 1. The third kappa shape index (κ3) is 3.35. The quantitative estimate of drug-likeness (QED) is 0.669. The van der Waals surface area contributed by atoms with Gasteiger partial charge in [0.1, 0.15) is 0 Å². The second kappa shape index (κ2) is 6.38. The molecule has 0 amide bonds. The molecule has 0 heterocycles. The first-order valence-corrected chi connectivity index (χ1v) is 6.91. The molecule has 0 saturated carbocycles. The molecule has 0 atom stereocenters. The maximum atomic E-state index is 5.92. The molecule has 0 saturated heterocycles. The molecule has 19 heavy (non-hydrogen) atoms. The molecule has 2 aromatic carbocycles. The molecule has 0 fully saturated rings. The van der Waals surface area contributed by atoms with Gasteiger partial charge in [-0.15, -0.1) is 11.8 Å². The minimum absolute atomic E-state index is 0.746. The van der Waals surface area contributed by atoms with E-state index in [-0.39, 0.29) is 0 Å². The fourth-order valence-corrected chi connectivity index (χ4v) is 2.65. The Kier molecular flexibility index (Phi) is 4.58. The molecule has 2 aromatic rings. The van der Waals surface area contributed by atoms with Crippen LogP contribution in [-0.4, -0.2) is 14.2 Å². The van der Waals surface area contributed by atoms with Gasteiger partial charge in [0.15, 0.2) is 11.5 Å². The SMILES string of the molecule is COc1ccc(CSc2ccccc2N)cc1OC. The Morgan fingerprint density at radius 2 is 1.74 bits per heavy atom. The van der Waals surface area contributed by atoms with Crippen molar-refractivity contribution < 1.29 is 9.47 Å². The number of ether oxygens (including phenoxy) is 2. The monoisotopic (exact) mass is 275 g/mol. The van der Waals surface area contributed by atoms with E-state index in [1.54, 1.807) is 26.0 Å². The van der Waals surface area contributed by atoms with Gasteiger partial charge in [-0.05, 0) is 29.8 Å². The van der Waals surface area contributed by atoms with Gasteiger partial charge < -0.3 is 15.2 Å². The summed E-state index contributed by atoms with van der Waals surface area (Å²) in [6.07, 6.45) is 0. The predicted octanol–water partition coefficient (Wildman–Crippen LogP) is 3.58. The van der Waals surface area contributed by atoms with Crippen LogP contribution in [-0.2, 0) is 5.75 Å². The van der Waals surface area contributed by atoms with Crippen molar-refractivity contribution in [3.63, 3.8) is 0 Å². The number of hydrogen-bond donors (Lipinski definition) is 1. The van der Waals surface area contributed by atoms with E-state index in [0.717, 1.165) is 27.8 Å². The van der Waals surface area contributed by atoms with E-state index in [9.17, 15) is 0 Å². The van der Waals surface area contributed by atoms with E-state index in [2.05, 4.69) is 0 Å². The van der Waals surface area contributed by atoms with Crippen LogP contribution in [0.15, 0.2) is 47.4 Å². The van der Waals surface area contributed by atoms with Gasteiger partial charge in [0.2, 0.25) is 0 Å². The summed E-state index contributed by atoms with van der Waals surface area (Å²) in [4.78, 5) is 1.09. The average Bonchev–Trinajstić information content (AvgIpc) is 2.46. The molecule has 2 N–H and O–H groups in total. The van der Waals surface area contributed by atoms with Gasteiger partial charge >= 0.3 is 0 Å².